The number of nitrogens with zero attached hydrogens (tertiary/aromatic N) is 1. The van der Waals surface area contributed by atoms with Crippen molar-refractivity contribution in [3.63, 3.8) is 0 Å². The molecule has 1 fully saturated rings. The quantitative estimate of drug-likeness (QED) is 0.871. The van der Waals surface area contributed by atoms with E-state index in [1.54, 1.807) is 0 Å². The van der Waals surface area contributed by atoms with Gasteiger partial charge in [0.25, 0.3) is 0 Å². The van der Waals surface area contributed by atoms with Crippen molar-refractivity contribution < 1.29 is 9.90 Å². The van der Waals surface area contributed by atoms with Crippen molar-refractivity contribution in [1.82, 2.24) is 5.32 Å². The number of hydrogen-bond donors (Lipinski definition) is 2. The van der Waals surface area contributed by atoms with Crippen LogP contribution in [0, 0.1) is 6.92 Å². The third-order valence-corrected chi connectivity index (χ3v) is 4.02. The van der Waals surface area contributed by atoms with E-state index in [1.807, 2.05) is 36.9 Å². The summed E-state index contributed by atoms with van der Waals surface area (Å²) in [6, 6.07) is 5.51. The van der Waals surface area contributed by atoms with E-state index in [4.69, 9.17) is 0 Å². The molecule has 19 heavy (non-hydrogen) atoms. The van der Waals surface area contributed by atoms with Gasteiger partial charge in [-0.3, -0.25) is 4.79 Å². The molecule has 4 nitrogen and oxygen atoms in total. The van der Waals surface area contributed by atoms with Gasteiger partial charge < -0.3 is 15.3 Å². The molecule has 5 heteroatoms. The number of carbonyl (C=O) groups excluding carboxylic acids is 1. The van der Waals surface area contributed by atoms with Gasteiger partial charge in [0.2, 0.25) is 5.91 Å². The van der Waals surface area contributed by atoms with Crippen LogP contribution in [0.25, 0.3) is 0 Å². The molecule has 0 aliphatic carbocycles. The van der Waals surface area contributed by atoms with E-state index in [0.29, 0.717) is 0 Å². The largest absolute Gasteiger partial charge is 0.394 e. The van der Waals surface area contributed by atoms with Gasteiger partial charge in [0, 0.05) is 16.2 Å². The predicted molar refractivity (Wildman–Crippen MR) is 79.3 cm³/mol. The van der Waals surface area contributed by atoms with E-state index in [-0.39, 0.29) is 18.6 Å². The lowest BCUT2D eigenvalue weighted by Crippen LogP contribution is -2.48. The number of hydrogen-bond acceptors (Lipinski definition) is 3. The number of aliphatic hydroxyl groups is 1. The van der Waals surface area contributed by atoms with E-state index in [2.05, 4.69) is 21.2 Å². The second-order valence-electron chi connectivity index (χ2n) is 4.97. The fraction of sp³-hybridized carbons (Fsp3) is 0.500. The van der Waals surface area contributed by atoms with Gasteiger partial charge in [0.05, 0.1) is 6.61 Å². The third-order valence-electron chi connectivity index (χ3n) is 3.53. The molecule has 1 aliphatic heterocycles. The molecule has 104 valence electrons. The first-order valence-electron chi connectivity index (χ1n) is 6.48. The van der Waals surface area contributed by atoms with Gasteiger partial charge in [0.1, 0.15) is 6.04 Å². The Kier molecular flexibility index (Phi) is 4.60. The molecule has 1 aromatic rings. The minimum Gasteiger partial charge on any atom is -0.394 e. The van der Waals surface area contributed by atoms with Gasteiger partial charge in [-0.2, -0.15) is 0 Å². The van der Waals surface area contributed by atoms with E-state index in [0.717, 1.165) is 28.7 Å². The zero-order chi connectivity index (χ0) is 14.0. The Bertz CT molecular complexity index is 479. The first kappa shape index (κ1) is 14.5. The van der Waals surface area contributed by atoms with Crippen LogP contribution in [0.3, 0.4) is 0 Å². The maximum atomic E-state index is 12.5. The molecule has 0 bridgehead atoms. The van der Waals surface area contributed by atoms with Crippen LogP contribution in [0.4, 0.5) is 5.69 Å². The summed E-state index contributed by atoms with van der Waals surface area (Å²) in [5.41, 5.74) is 1.97. The van der Waals surface area contributed by atoms with Gasteiger partial charge in [-0.05, 0) is 50.6 Å². The van der Waals surface area contributed by atoms with Crippen LogP contribution in [-0.4, -0.2) is 36.2 Å². The van der Waals surface area contributed by atoms with Crippen molar-refractivity contribution >= 4 is 27.5 Å². The molecule has 0 aromatic heterocycles. The van der Waals surface area contributed by atoms with E-state index >= 15 is 0 Å². The molecule has 2 unspecified atom stereocenters. The lowest BCUT2D eigenvalue weighted by Gasteiger charge is -2.30. The number of aliphatic hydroxyl groups excluding tert-OH is 1. The van der Waals surface area contributed by atoms with Crippen molar-refractivity contribution in [2.45, 2.75) is 32.4 Å². The lowest BCUT2D eigenvalue weighted by molar-refractivity contribution is -0.121. The highest BCUT2D eigenvalue weighted by molar-refractivity contribution is 9.10. The summed E-state index contributed by atoms with van der Waals surface area (Å²) >= 11 is 3.44. The van der Waals surface area contributed by atoms with Crippen molar-refractivity contribution in [3.05, 3.63) is 28.2 Å². The molecule has 1 aliphatic rings. The Balaban J connectivity index is 2.40. The summed E-state index contributed by atoms with van der Waals surface area (Å²) in [5, 5.41) is 12.4. The number of amides is 1. The number of nitrogens with one attached hydrogen (secondary N) is 1. The summed E-state index contributed by atoms with van der Waals surface area (Å²) in [6.45, 7) is 4.61. The number of halogens is 1. The third kappa shape index (κ3) is 2.99. The summed E-state index contributed by atoms with van der Waals surface area (Å²) in [6.07, 6.45) is 0.873. The summed E-state index contributed by atoms with van der Waals surface area (Å²) in [7, 11) is 0. The molecule has 0 spiro atoms. The topological polar surface area (TPSA) is 52.6 Å². The Morgan fingerprint density at radius 3 is 2.89 bits per heavy atom. The Morgan fingerprint density at radius 2 is 2.26 bits per heavy atom. The zero-order valence-corrected chi connectivity index (χ0v) is 12.8. The molecular weight excluding hydrogens is 308 g/mol. The van der Waals surface area contributed by atoms with E-state index < -0.39 is 6.04 Å². The number of rotatable bonds is 2. The summed E-state index contributed by atoms with van der Waals surface area (Å²) in [5.74, 6) is -0.0575. The Hall–Kier alpha value is -0.910. The van der Waals surface area contributed by atoms with E-state index in [1.165, 1.54) is 0 Å². The monoisotopic (exact) mass is 326 g/mol. The fourth-order valence-corrected chi connectivity index (χ4v) is 2.93. The number of aryl methyl sites for hydroxylation is 1. The van der Waals surface area contributed by atoms with Gasteiger partial charge in [-0.15, -0.1) is 0 Å². The van der Waals surface area contributed by atoms with Crippen LogP contribution in [0.5, 0.6) is 0 Å². The van der Waals surface area contributed by atoms with Crippen molar-refractivity contribution in [2.75, 3.05) is 18.1 Å². The van der Waals surface area contributed by atoms with Crippen LogP contribution in [0.2, 0.25) is 0 Å². The fourth-order valence-electron chi connectivity index (χ4n) is 2.46. The van der Waals surface area contributed by atoms with E-state index in [9.17, 15) is 9.90 Å². The van der Waals surface area contributed by atoms with Crippen LogP contribution in [0.1, 0.15) is 18.9 Å². The molecule has 2 atom stereocenters. The van der Waals surface area contributed by atoms with Crippen LogP contribution < -0.4 is 10.2 Å². The second kappa shape index (κ2) is 6.03. The highest BCUT2D eigenvalue weighted by Crippen LogP contribution is 2.27. The molecule has 1 heterocycles. The van der Waals surface area contributed by atoms with Gasteiger partial charge in [-0.25, -0.2) is 0 Å². The molecule has 0 saturated carbocycles. The highest BCUT2D eigenvalue weighted by atomic mass is 79.9. The Morgan fingerprint density at radius 1 is 1.53 bits per heavy atom. The van der Waals surface area contributed by atoms with Crippen molar-refractivity contribution in [3.8, 4) is 0 Å². The summed E-state index contributed by atoms with van der Waals surface area (Å²) in [4.78, 5) is 14.3. The molecule has 1 amide bonds. The molecular formula is C14H19BrN2O2. The molecule has 2 rings (SSSR count). The van der Waals surface area contributed by atoms with Crippen molar-refractivity contribution in [1.29, 1.82) is 0 Å². The van der Waals surface area contributed by atoms with Crippen LogP contribution >= 0.6 is 15.9 Å². The maximum Gasteiger partial charge on any atom is 0.246 e. The molecule has 1 saturated heterocycles. The summed E-state index contributed by atoms with van der Waals surface area (Å²) < 4.78 is 1.00. The minimum atomic E-state index is -0.506. The maximum absolute atomic E-state index is 12.5. The highest BCUT2D eigenvalue weighted by Gasteiger charge is 2.31. The first-order chi connectivity index (χ1) is 9.04. The number of benzene rings is 1. The van der Waals surface area contributed by atoms with Gasteiger partial charge in [-0.1, -0.05) is 15.9 Å². The van der Waals surface area contributed by atoms with Crippen LogP contribution in [-0.2, 0) is 4.79 Å². The minimum absolute atomic E-state index is 0.0575. The standard InChI is InChI=1S/C14H19BrN2O2/c1-9-7-11(15)3-4-13(9)17-10(2)5-6-16-12(8-18)14(17)19/h3-4,7,10,12,16,18H,5-6,8H2,1-2H3. The normalized spacial score (nSPS) is 24.4. The molecule has 0 radical (unpaired) electrons. The predicted octanol–water partition coefficient (Wildman–Crippen LogP) is 1.83. The smallest absolute Gasteiger partial charge is 0.246 e. The average Bonchev–Trinajstić information content (AvgIpc) is 2.50. The SMILES string of the molecule is Cc1cc(Br)ccc1N1C(=O)C(CO)NCCC1C. The molecule has 2 N–H and O–H groups in total. The molecule has 1 aromatic carbocycles. The van der Waals surface area contributed by atoms with Gasteiger partial charge >= 0.3 is 0 Å². The van der Waals surface area contributed by atoms with Crippen molar-refractivity contribution in [2.24, 2.45) is 0 Å². The number of carbonyl (C=O) groups is 1. The number of anilines is 1. The average molecular weight is 327 g/mol. The Labute approximate surface area is 121 Å². The zero-order valence-electron chi connectivity index (χ0n) is 11.2. The first-order valence-corrected chi connectivity index (χ1v) is 7.27. The second-order valence-corrected chi connectivity index (χ2v) is 5.88. The van der Waals surface area contributed by atoms with Crippen LogP contribution in [0.15, 0.2) is 22.7 Å². The lowest BCUT2D eigenvalue weighted by atomic mass is 10.1. The van der Waals surface area contributed by atoms with Gasteiger partial charge in [0.15, 0.2) is 0 Å².